The topological polar surface area (TPSA) is 21.3 Å². The molecule has 18 heavy (non-hydrogen) atoms. The quantitative estimate of drug-likeness (QED) is 0.850. The van der Waals surface area contributed by atoms with Crippen LogP contribution in [0.1, 0.15) is 51.4 Å². The van der Waals surface area contributed by atoms with E-state index in [1.54, 1.807) is 0 Å². The Morgan fingerprint density at radius 3 is 2.67 bits per heavy atom. The molecule has 2 heterocycles. The van der Waals surface area contributed by atoms with Crippen molar-refractivity contribution in [3.63, 3.8) is 0 Å². The van der Waals surface area contributed by atoms with Crippen LogP contribution in [0.15, 0.2) is 0 Å². The highest BCUT2D eigenvalue weighted by atomic mass is 32.2. The van der Waals surface area contributed by atoms with Crippen molar-refractivity contribution in [1.82, 2.24) is 5.32 Å². The molecular formula is C15H27NOS. The van der Waals surface area contributed by atoms with Gasteiger partial charge in [-0.1, -0.05) is 12.8 Å². The van der Waals surface area contributed by atoms with Crippen molar-refractivity contribution in [2.24, 2.45) is 5.92 Å². The summed E-state index contributed by atoms with van der Waals surface area (Å²) in [6.45, 7) is 2.24. The molecule has 0 aromatic rings. The average Bonchev–Trinajstić information content (AvgIpc) is 2.86. The second-order valence-corrected chi connectivity index (χ2v) is 7.62. The summed E-state index contributed by atoms with van der Waals surface area (Å²) >= 11 is 2.13. The van der Waals surface area contributed by atoms with Gasteiger partial charge in [-0.3, -0.25) is 0 Å². The van der Waals surface area contributed by atoms with Crippen LogP contribution in [0.5, 0.6) is 0 Å². The number of hydrogen-bond donors (Lipinski definition) is 1. The van der Waals surface area contributed by atoms with E-state index in [2.05, 4.69) is 17.1 Å². The first-order valence-electron chi connectivity index (χ1n) is 7.81. The summed E-state index contributed by atoms with van der Waals surface area (Å²) in [6.07, 6.45) is 10.7. The van der Waals surface area contributed by atoms with E-state index in [0.717, 1.165) is 18.6 Å². The fourth-order valence-electron chi connectivity index (χ4n) is 3.85. The van der Waals surface area contributed by atoms with Gasteiger partial charge in [-0.15, -0.1) is 0 Å². The molecule has 1 spiro atoms. The molecule has 0 aromatic heterocycles. The Morgan fingerprint density at radius 1 is 1.11 bits per heavy atom. The minimum atomic E-state index is 0.276. The van der Waals surface area contributed by atoms with Crippen LogP contribution in [0.25, 0.3) is 0 Å². The van der Waals surface area contributed by atoms with E-state index in [1.807, 2.05) is 0 Å². The Balaban J connectivity index is 1.44. The van der Waals surface area contributed by atoms with Gasteiger partial charge in [0.15, 0.2) is 0 Å². The molecule has 3 fully saturated rings. The zero-order chi connectivity index (χ0) is 12.3. The monoisotopic (exact) mass is 269 g/mol. The van der Waals surface area contributed by atoms with E-state index >= 15 is 0 Å². The summed E-state index contributed by atoms with van der Waals surface area (Å²) in [7, 11) is 0. The van der Waals surface area contributed by atoms with E-state index in [-0.39, 0.29) is 5.60 Å². The van der Waals surface area contributed by atoms with Gasteiger partial charge in [-0.2, -0.15) is 11.8 Å². The standard InChI is InChI=1S/C15H27NOS/c1-2-7-15(6-1)11-14(3-8-17-15)16-12-13-4-9-18-10-5-13/h13-14,16H,1-12H2. The molecule has 1 saturated carbocycles. The minimum Gasteiger partial charge on any atom is -0.375 e. The fraction of sp³-hybridized carbons (Fsp3) is 1.00. The third-order valence-electron chi connectivity index (χ3n) is 5.04. The van der Waals surface area contributed by atoms with Crippen LogP contribution in [0.3, 0.4) is 0 Å². The largest absolute Gasteiger partial charge is 0.375 e. The summed E-state index contributed by atoms with van der Waals surface area (Å²) in [5, 5.41) is 3.85. The molecule has 0 bridgehead atoms. The molecule has 1 aliphatic carbocycles. The van der Waals surface area contributed by atoms with Gasteiger partial charge in [0.2, 0.25) is 0 Å². The maximum Gasteiger partial charge on any atom is 0.0697 e. The van der Waals surface area contributed by atoms with Crippen LogP contribution in [0.4, 0.5) is 0 Å². The Bertz CT molecular complexity index is 259. The first kappa shape index (κ1) is 13.3. The molecule has 3 rings (SSSR count). The maximum atomic E-state index is 6.11. The van der Waals surface area contributed by atoms with Crippen molar-refractivity contribution < 1.29 is 4.74 Å². The van der Waals surface area contributed by atoms with E-state index < -0.39 is 0 Å². The molecule has 1 unspecified atom stereocenters. The molecule has 104 valence electrons. The second-order valence-electron chi connectivity index (χ2n) is 6.39. The van der Waals surface area contributed by atoms with Crippen LogP contribution in [0, 0.1) is 5.92 Å². The van der Waals surface area contributed by atoms with Crippen LogP contribution in [-0.2, 0) is 4.74 Å². The van der Waals surface area contributed by atoms with Gasteiger partial charge in [0.25, 0.3) is 0 Å². The zero-order valence-electron chi connectivity index (χ0n) is 11.5. The Hall–Kier alpha value is 0.270. The van der Waals surface area contributed by atoms with Crippen LogP contribution in [-0.4, -0.2) is 36.3 Å². The average molecular weight is 269 g/mol. The lowest BCUT2D eigenvalue weighted by Crippen LogP contribution is -2.46. The highest BCUT2D eigenvalue weighted by Gasteiger charge is 2.39. The van der Waals surface area contributed by atoms with Gasteiger partial charge in [0.05, 0.1) is 5.60 Å². The number of rotatable bonds is 3. The predicted octanol–water partition coefficient (Wildman–Crippen LogP) is 3.21. The van der Waals surface area contributed by atoms with Crippen molar-refractivity contribution in [1.29, 1.82) is 0 Å². The van der Waals surface area contributed by atoms with Crippen LogP contribution >= 0.6 is 11.8 Å². The number of thioether (sulfide) groups is 1. The molecule has 2 aliphatic heterocycles. The predicted molar refractivity (Wildman–Crippen MR) is 78.2 cm³/mol. The van der Waals surface area contributed by atoms with Crippen molar-refractivity contribution in [2.45, 2.75) is 63.0 Å². The minimum absolute atomic E-state index is 0.276. The summed E-state index contributed by atoms with van der Waals surface area (Å²) in [4.78, 5) is 0. The highest BCUT2D eigenvalue weighted by molar-refractivity contribution is 7.99. The lowest BCUT2D eigenvalue weighted by Gasteiger charge is -2.39. The highest BCUT2D eigenvalue weighted by Crippen LogP contribution is 2.40. The van der Waals surface area contributed by atoms with Gasteiger partial charge in [0, 0.05) is 12.6 Å². The SMILES string of the molecule is C1CCC2(C1)CC(NCC1CCSCC1)CCO2. The smallest absolute Gasteiger partial charge is 0.0697 e. The van der Waals surface area contributed by atoms with Gasteiger partial charge >= 0.3 is 0 Å². The molecule has 0 radical (unpaired) electrons. The van der Waals surface area contributed by atoms with E-state index in [0.29, 0.717) is 0 Å². The number of ether oxygens (including phenoxy) is 1. The molecule has 1 N–H and O–H groups in total. The van der Waals surface area contributed by atoms with Gasteiger partial charge in [0.1, 0.15) is 0 Å². The normalized spacial score (nSPS) is 33.0. The third kappa shape index (κ3) is 3.23. The van der Waals surface area contributed by atoms with Crippen molar-refractivity contribution in [3.05, 3.63) is 0 Å². The lowest BCUT2D eigenvalue weighted by molar-refractivity contribution is -0.0838. The summed E-state index contributed by atoms with van der Waals surface area (Å²) in [5.41, 5.74) is 0.276. The molecular weight excluding hydrogens is 242 g/mol. The third-order valence-corrected chi connectivity index (χ3v) is 6.09. The van der Waals surface area contributed by atoms with E-state index in [4.69, 9.17) is 4.74 Å². The lowest BCUT2D eigenvalue weighted by atomic mass is 9.88. The number of hydrogen-bond acceptors (Lipinski definition) is 3. The van der Waals surface area contributed by atoms with E-state index in [9.17, 15) is 0 Å². The second kappa shape index (κ2) is 6.15. The molecule has 1 atom stereocenters. The molecule has 2 saturated heterocycles. The van der Waals surface area contributed by atoms with Crippen LogP contribution in [0.2, 0.25) is 0 Å². The first-order valence-corrected chi connectivity index (χ1v) is 8.97. The Morgan fingerprint density at radius 2 is 1.89 bits per heavy atom. The molecule has 3 heteroatoms. The molecule has 0 amide bonds. The number of nitrogens with one attached hydrogen (secondary N) is 1. The summed E-state index contributed by atoms with van der Waals surface area (Å²) < 4.78 is 6.11. The van der Waals surface area contributed by atoms with Gasteiger partial charge in [-0.25, -0.2) is 0 Å². The Labute approximate surface area is 116 Å². The van der Waals surface area contributed by atoms with Gasteiger partial charge < -0.3 is 10.1 Å². The zero-order valence-corrected chi connectivity index (χ0v) is 12.3. The van der Waals surface area contributed by atoms with Crippen molar-refractivity contribution in [2.75, 3.05) is 24.7 Å². The van der Waals surface area contributed by atoms with E-state index in [1.165, 1.54) is 69.4 Å². The van der Waals surface area contributed by atoms with Crippen molar-refractivity contribution >= 4 is 11.8 Å². The van der Waals surface area contributed by atoms with Crippen molar-refractivity contribution in [3.8, 4) is 0 Å². The molecule has 3 aliphatic rings. The fourth-order valence-corrected chi connectivity index (χ4v) is 5.06. The molecule has 0 aromatic carbocycles. The summed E-state index contributed by atoms with van der Waals surface area (Å²) in [5.74, 6) is 3.70. The van der Waals surface area contributed by atoms with Gasteiger partial charge in [-0.05, 0) is 62.5 Å². The maximum absolute atomic E-state index is 6.11. The Kier molecular flexibility index (Phi) is 4.53. The van der Waals surface area contributed by atoms with Crippen LogP contribution < -0.4 is 5.32 Å². The first-order chi connectivity index (χ1) is 8.86. The molecule has 2 nitrogen and oxygen atoms in total. The summed E-state index contributed by atoms with van der Waals surface area (Å²) in [6, 6.07) is 0.728.